The van der Waals surface area contributed by atoms with Crippen molar-refractivity contribution >= 4 is 11.7 Å². The predicted octanol–water partition coefficient (Wildman–Crippen LogP) is 2.98. The third kappa shape index (κ3) is 4.05. The zero-order valence-electron chi connectivity index (χ0n) is 9.39. The van der Waals surface area contributed by atoms with E-state index in [9.17, 15) is 14.9 Å². The van der Waals surface area contributed by atoms with Crippen LogP contribution in [0.2, 0.25) is 0 Å². The summed E-state index contributed by atoms with van der Waals surface area (Å²) in [5, 5.41) is 18.8. The SMILES string of the molecule is O=C(O)c1ccccc1[N+](=O)[O-].c1ccccc1. The van der Waals surface area contributed by atoms with Crippen molar-refractivity contribution in [2.45, 2.75) is 0 Å². The molecule has 2 rings (SSSR count). The fourth-order valence-corrected chi connectivity index (χ4v) is 1.20. The van der Waals surface area contributed by atoms with E-state index in [0.717, 1.165) is 6.07 Å². The first kappa shape index (κ1) is 13.4. The number of nitrogens with zero attached hydrogens (tertiary/aromatic N) is 1. The van der Waals surface area contributed by atoms with E-state index in [2.05, 4.69) is 0 Å². The Morgan fingerprint density at radius 1 is 0.944 bits per heavy atom. The van der Waals surface area contributed by atoms with Crippen molar-refractivity contribution in [2.24, 2.45) is 0 Å². The minimum absolute atomic E-state index is 0.289. The van der Waals surface area contributed by atoms with Gasteiger partial charge < -0.3 is 5.11 Å². The highest BCUT2D eigenvalue weighted by Crippen LogP contribution is 2.16. The van der Waals surface area contributed by atoms with E-state index >= 15 is 0 Å². The number of para-hydroxylation sites is 1. The lowest BCUT2D eigenvalue weighted by Gasteiger charge is -1.94. The van der Waals surface area contributed by atoms with Crippen molar-refractivity contribution < 1.29 is 14.8 Å². The Morgan fingerprint density at radius 2 is 1.39 bits per heavy atom. The predicted molar refractivity (Wildman–Crippen MR) is 66.5 cm³/mol. The maximum atomic E-state index is 10.4. The van der Waals surface area contributed by atoms with Crippen LogP contribution in [0.3, 0.4) is 0 Å². The van der Waals surface area contributed by atoms with Crippen LogP contribution in [-0.4, -0.2) is 16.0 Å². The molecule has 0 saturated heterocycles. The highest BCUT2D eigenvalue weighted by molar-refractivity contribution is 5.92. The van der Waals surface area contributed by atoms with Gasteiger partial charge in [0.2, 0.25) is 0 Å². The number of rotatable bonds is 2. The second kappa shape index (κ2) is 6.80. The summed E-state index contributed by atoms with van der Waals surface area (Å²) in [6.45, 7) is 0. The molecule has 92 valence electrons. The normalized spacial score (nSPS) is 8.89. The molecule has 5 heteroatoms. The molecule has 0 saturated carbocycles. The summed E-state index contributed by atoms with van der Waals surface area (Å²) in [7, 11) is 0. The minimum atomic E-state index is -1.29. The van der Waals surface area contributed by atoms with Crippen molar-refractivity contribution in [3.8, 4) is 0 Å². The molecule has 0 fully saturated rings. The molecule has 5 nitrogen and oxygen atoms in total. The van der Waals surface area contributed by atoms with Crippen LogP contribution in [0.25, 0.3) is 0 Å². The Labute approximate surface area is 103 Å². The number of nitro groups is 1. The van der Waals surface area contributed by atoms with Gasteiger partial charge in [-0.15, -0.1) is 0 Å². The first-order chi connectivity index (χ1) is 8.63. The van der Waals surface area contributed by atoms with Gasteiger partial charge in [-0.2, -0.15) is 0 Å². The van der Waals surface area contributed by atoms with Crippen LogP contribution in [0.4, 0.5) is 5.69 Å². The molecule has 0 aliphatic heterocycles. The average molecular weight is 245 g/mol. The first-order valence-corrected chi connectivity index (χ1v) is 5.09. The van der Waals surface area contributed by atoms with E-state index in [1.165, 1.54) is 18.2 Å². The number of carboxylic acids is 1. The van der Waals surface area contributed by atoms with Gasteiger partial charge in [-0.25, -0.2) is 4.79 Å². The second-order valence-electron chi connectivity index (χ2n) is 3.23. The van der Waals surface area contributed by atoms with E-state index in [1.54, 1.807) is 0 Å². The number of benzene rings is 2. The topological polar surface area (TPSA) is 80.4 Å². The lowest BCUT2D eigenvalue weighted by atomic mass is 10.2. The molecule has 0 bridgehead atoms. The average Bonchev–Trinajstić information content (AvgIpc) is 2.41. The number of aromatic carboxylic acids is 1. The lowest BCUT2D eigenvalue weighted by Crippen LogP contribution is -2.01. The van der Waals surface area contributed by atoms with E-state index in [4.69, 9.17) is 5.11 Å². The molecule has 0 aromatic heterocycles. The largest absolute Gasteiger partial charge is 0.477 e. The Balaban J connectivity index is 0.000000225. The molecule has 0 aliphatic rings. The molecule has 0 atom stereocenters. The van der Waals surface area contributed by atoms with Gasteiger partial charge in [0, 0.05) is 6.07 Å². The van der Waals surface area contributed by atoms with E-state index < -0.39 is 10.9 Å². The smallest absolute Gasteiger partial charge is 0.342 e. The van der Waals surface area contributed by atoms with Gasteiger partial charge in [0.15, 0.2) is 0 Å². The molecule has 0 spiro atoms. The van der Waals surface area contributed by atoms with Crippen LogP contribution in [0, 0.1) is 10.1 Å². The van der Waals surface area contributed by atoms with E-state index in [0.29, 0.717) is 0 Å². The zero-order chi connectivity index (χ0) is 13.4. The fourth-order valence-electron chi connectivity index (χ4n) is 1.20. The molecular formula is C13H11NO4. The first-order valence-electron chi connectivity index (χ1n) is 5.09. The van der Waals surface area contributed by atoms with Gasteiger partial charge in [-0.05, 0) is 6.07 Å². The number of carbonyl (C=O) groups is 1. The maximum Gasteiger partial charge on any atom is 0.342 e. The molecule has 2 aromatic carbocycles. The molecule has 0 unspecified atom stereocenters. The molecule has 2 aromatic rings. The third-order valence-electron chi connectivity index (χ3n) is 2.00. The summed E-state index contributed by atoms with van der Waals surface area (Å²) < 4.78 is 0. The van der Waals surface area contributed by atoms with Crippen LogP contribution in [0.1, 0.15) is 10.4 Å². The van der Waals surface area contributed by atoms with Gasteiger partial charge in [-0.3, -0.25) is 10.1 Å². The van der Waals surface area contributed by atoms with E-state index in [1.807, 2.05) is 36.4 Å². The summed E-state index contributed by atoms with van der Waals surface area (Å²) in [6.07, 6.45) is 0. The van der Waals surface area contributed by atoms with Crippen LogP contribution in [0.5, 0.6) is 0 Å². The van der Waals surface area contributed by atoms with Crippen molar-refractivity contribution in [3.05, 3.63) is 76.3 Å². The van der Waals surface area contributed by atoms with Crippen molar-refractivity contribution in [2.75, 3.05) is 0 Å². The summed E-state index contributed by atoms with van der Waals surface area (Å²) in [6, 6.07) is 17.2. The summed E-state index contributed by atoms with van der Waals surface area (Å²) in [5.41, 5.74) is -0.674. The quantitative estimate of drug-likeness (QED) is 0.651. The Hall–Kier alpha value is -2.69. The zero-order valence-corrected chi connectivity index (χ0v) is 9.39. The van der Waals surface area contributed by atoms with Gasteiger partial charge in [-0.1, -0.05) is 48.5 Å². The van der Waals surface area contributed by atoms with Crippen LogP contribution >= 0.6 is 0 Å². The molecular weight excluding hydrogens is 234 g/mol. The van der Waals surface area contributed by atoms with Crippen LogP contribution in [-0.2, 0) is 0 Å². The number of hydrogen-bond donors (Lipinski definition) is 1. The number of carboxylic acid groups (broad SMARTS) is 1. The van der Waals surface area contributed by atoms with E-state index in [-0.39, 0.29) is 11.3 Å². The van der Waals surface area contributed by atoms with Gasteiger partial charge in [0.05, 0.1) is 4.92 Å². The van der Waals surface area contributed by atoms with Crippen LogP contribution < -0.4 is 0 Å². The Morgan fingerprint density at radius 3 is 1.72 bits per heavy atom. The summed E-state index contributed by atoms with van der Waals surface area (Å²) in [4.78, 5) is 20.0. The Bertz CT molecular complexity index is 466. The van der Waals surface area contributed by atoms with Gasteiger partial charge >= 0.3 is 5.97 Å². The van der Waals surface area contributed by atoms with Crippen molar-refractivity contribution in [1.29, 1.82) is 0 Å². The highest BCUT2D eigenvalue weighted by Gasteiger charge is 2.17. The highest BCUT2D eigenvalue weighted by atomic mass is 16.6. The summed E-state index contributed by atoms with van der Waals surface area (Å²) in [5.74, 6) is -1.29. The number of nitro benzene ring substituents is 1. The molecule has 1 N–H and O–H groups in total. The molecule has 0 radical (unpaired) electrons. The number of hydrogen-bond acceptors (Lipinski definition) is 3. The Kier molecular flexibility index (Phi) is 5.05. The van der Waals surface area contributed by atoms with Crippen molar-refractivity contribution in [1.82, 2.24) is 0 Å². The monoisotopic (exact) mass is 245 g/mol. The minimum Gasteiger partial charge on any atom is -0.477 e. The van der Waals surface area contributed by atoms with Gasteiger partial charge in [0.1, 0.15) is 5.56 Å². The van der Waals surface area contributed by atoms with Crippen LogP contribution in [0.15, 0.2) is 60.7 Å². The molecule has 18 heavy (non-hydrogen) atoms. The van der Waals surface area contributed by atoms with Crippen molar-refractivity contribution in [3.63, 3.8) is 0 Å². The lowest BCUT2D eigenvalue weighted by molar-refractivity contribution is -0.385. The summed E-state index contributed by atoms with van der Waals surface area (Å²) >= 11 is 0. The maximum absolute atomic E-state index is 10.4. The molecule has 0 amide bonds. The standard InChI is InChI=1S/C7H5NO4.C6H6/c9-7(10)5-3-1-2-4-6(5)8(11)12;1-2-4-6-5-3-1/h1-4H,(H,9,10);1-6H. The molecule has 0 aliphatic carbocycles. The fraction of sp³-hybridized carbons (Fsp3) is 0. The molecule has 0 heterocycles. The third-order valence-corrected chi connectivity index (χ3v) is 2.00. The second-order valence-corrected chi connectivity index (χ2v) is 3.23. The van der Waals surface area contributed by atoms with Gasteiger partial charge in [0.25, 0.3) is 5.69 Å².